The molecule has 0 radical (unpaired) electrons. The van der Waals surface area contributed by atoms with Crippen molar-refractivity contribution in [3.63, 3.8) is 0 Å². The molecule has 1 aromatic carbocycles. The van der Waals surface area contributed by atoms with E-state index >= 15 is 0 Å². The third-order valence-corrected chi connectivity index (χ3v) is 1.84. The minimum atomic E-state index is -1.22. The first-order chi connectivity index (χ1) is 6.75. The molecule has 0 heterocycles. The minimum Gasteiger partial charge on any atom is -0.396 e. The molecule has 0 aliphatic rings. The van der Waals surface area contributed by atoms with Gasteiger partial charge in [0.05, 0.1) is 0 Å². The molecule has 0 aromatic heterocycles. The van der Waals surface area contributed by atoms with E-state index < -0.39 is 11.9 Å². The van der Waals surface area contributed by atoms with E-state index in [-0.39, 0.29) is 13.0 Å². The normalized spacial score (nSPS) is 14.1. The van der Waals surface area contributed by atoms with Crippen LogP contribution in [0.3, 0.4) is 0 Å². The molecular formula is C11H13FO2. The Kier molecular flexibility index (Phi) is 4.29. The van der Waals surface area contributed by atoms with Crippen LogP contribution >= 0.6 is 0 Å². The first-order valence-corrected chi connectivity index (χ1v) is 4.45. The van der Waals surface area contributed by atoms with Crippen LogP contribution in [0.1, 0.15) is 18.1 Å². The zero-order valence-corrected chi connectivity index (χ0v) is 7.73. The lowest BCUT2D eigenvalue weighted by Gasteiger charge is -2.07. The minimum absolute atomic E-state index is 0.116. The molecular weight excluding hydrogens is 183 g/mol. The Morgan fingerprint density at radius 2 is 2.00 bits per heavy atom. The van der Waals surface area contributed by atoms with E-state index in [1.807, 2.05) is 0 Å². The molecule has 0 fully saturated rings. The standard InChI is InChI=1S/C11H13FO2/c12-10(7-4-8-13)11(14)9-5-2-1-3-6-9/h1-3,5-7,11,13-14H,4,8H2/b10-7-. The van der Waals surface area contributed by atoms with Gasteiger partial charge in [-0.25, -0.2) is 4.39 Å². The van der Waals surface area contributed by atoms with Crippen LogP contribution in [0.5, 0.6) is 0 Å². The average Bonchev–Trinajstić information content (AvgIpc) is 2.26. The van der Waals surface area contributed by atoms with E-state index in [9.17, 15) is 9.50 Å². The molecule has 0 aliphatic carbocycles. The van der Waals surface area contributed by atoms with Crippen molar-refractivity contribution in [2.24, 2.45) is 0 Å². The molecule has 0 bridgehead atoms. The van der Waals surface area contributed by atoms with Crippen LogP contribution in [0.2, 0.25) is 0 Å². The fourth-order valence-electron chi connectivity index (χ4n) is 1.11. The summed E-state index contributed by atoms with van der Waals surface area (Å²) in [5.41, 5.74) is 0.513. The summed E-state index contributed by atoms with van der Waals surface area (Å²) >= 11 is 0. The van der Waals surface area contributed by atoms with Gasteiger partial charge in [-0.15, -0.1) is 0 Å². The van der Waals surface area contributed by atoms with Crippen molar-refractivity contribution in [3.8, 4) is 0 Å². The van der Waals surface area contributed by atoms with Crippen molar-refractivity contribution in [2.75, 3.05) is 6.61 Å². The molecule has 0 spiro atoms. The van der Waals surface area contributed by atoms with Gasteiger partial charge in [0.25, 0.3) is 0 Å². The summed E-state index contributed by atoms with van der Waals surface area (Å²) in [6.07, 6.45) is 0.190. The third-order valence-electron chi connectivity index (χ3n) is 1.84. The molecule has 76 valence electrons. The molecule has 1 aromatic rings. The van der Waals surface area contributed by atoms with Crippen LogP contribution in [-0.4, -0.2) is 16.8 Å². The van der Waals surface area contributed by atoms with Crippen LogP contribution < -0.4 is 0 Å². The molecule has 1 unspecified atom stereocenters. The number of aliphatic hydroxyl groups excluding tert-OH is 2. The van der Waals surface area contributed by atoms with E-state index in [0.717, 1.165) is 0 Å². The van der Waals surface area contributed by atoms with Crippen molar-refractivity contribution in [2.45, 2.75) is 12.5 Å². The molecule has 0 aliphatic heterocycles. The summed E-state index contributed by atoms with van der Waals surface area (Å²) in [6.45, 7) is -0.116. The van der Waals surface area contributed by atoms with Crippen molar-refractivity contribution in [3.05, 3.63) is 47.8 Å². The predicted octanol–water partition coefficient (Wildman–Crippen LogP) is 1.96. The Morgan fingerprint density at radius 1 is 1.36 bits per heavy atom. The largest absolute Gasteiger partial charge is 0.396 e. The van der Waals surface area contributed by atoms with Crippen molar-refractivity contribution in [1.82, 2.24) is 0 Å². The lowest BCUT2D eigenvalue weighted by Crippen LogP contribution is -1.97. The molecule has 1 atom stereocenters. The van der Waals surface area contributed by atoms with E-state index in [0.29, 0.717) is 5.56 Å². The SMILES string of the molecule is OCC/C=C(\F)C(O)c1ccccc1. The second kappa shape index (κ2) is 5.52. The summed E-state index contributed by atoms with van der Waals surface area (Å²) in [6, 6.07) is 8.56. The highest BCUT2D eigenvalue weighted by Crippen LogP contribution is 2.22. The van der Waals surface area contributed by atoms with Crippen LogP contribution in [0.25, 0.3) is 0 Å². The van der Waals surface area contributed by atoms with Gasteiger partial charge in [-0.05, 0) is 18.1 Å². The molecule has 0 saturated carbocycles. The topological polar surface area (TPSA) is 40.5 Å². The second-order valence-electron chi connectivity index (χ2n) is 2.91. The molecule has 14 heavy (non-hydrogen) atoms. The van der Waals surface area contributed by atoms with E-state index in [2.05, 4.69) is 0 Å². The Balaban J connectivity index is 2.70. The maximum atomic E-state index is 13.2. The van der Waals surface area contributed by atoms with Crippen LogP contribution in [0.4, 0.5) is 4.39 Å². The first-order valence-electron chi connectivity index (χ1n) is 4.45. The van der Waals surface area contributed by atoms with Gasteiger partial charge in [-0.2, -0.15) is 0 Å². The van der Waals surface area contributed by atoms with Gasteiger partial charge < -0.3 is 10.2 Å². The average molecular weight is 196 g/mol. The number of hydrogen-bond acceptors (Lipinski definition) is 2. The van der Waals surface area contributed by atoms with Gasteiger partial charge in [-0.1, -0.05) is 30.3 Å². The van der Waals surface area contributed by atoms with Gasteiger partial charge in [0.15, 0.2) is 0 Å². The lowest BCUT2D eigenvalue weighted by atomic mass is 10.1. The maximum Gasteiger partial charge on any atom is 0.130 e. The summed E-state index contributed by atoms with van der Waals surface area (Å²) in [7, 11) is 0. The zero-order chi connectivity index (χ0) is 10.4. The Bertz CT molecular complexity index is 295. The number of hydrogen-bond donors (Lipinski definition) is 2. The maximum absolute atomic E-state index is 13.2. The van der Waals surface area contributed by atoms with Crippen molar-refractivity contribution >= 4 is 0 Å². The smallest absolute Gasteiger partial charge is 0.130 e. The quantitative estimate of drug-likeness (QED) is 0.772. The summed E-state index contributed by atoms with van der Waals surface area (Å²) in [4.78, 5) is 0. The van der Waals surface area contributed by atoms with Crippen LogP contribution in [0, 0.1) is 0 Å². The molecule has 2 N–H and O–H groups in total. The Labute approximate surface area is 82.3 Å². The highest BCUT2D eigenvalue weighted by Gasteiger charge is 2.11. The van der Waals surface area contributed by atoms with E-state index in [1.165, 1.54) is 6.08 Å². The highest BCUT2D eigenvalue weighted by molar-refractivity contribution is 5.23. The summed E-state index contributed by atoms with van der Waals surface area (Å²) < 4.78 is 13.2. The van der Waals surface area contributed by atoms with Crippen LogP contribution in [0.15, 0.2) is 42.2 Å². The number of halogens is 1. The monoisotopic (exact) mass is 196 g/mol. The first kappa shape index (κ1) is 10.9. The van der Waals surface area contributed by atoms with Gasteiger partial charge in [0.2, 0.25) is 0 Å². The summed E-state index contributed by atoms with van der Waals surface area (Å²) in [5, 5.41) is 18.0. The Hall–Kier alpha value is -1.19. The summed E-state index contributed by atoms with van der Waals surface area (Å²) in [5.74, 6) is -0.620. The molecule has 3 heteroatoms. The zero-order valence-electron chi connectivity index (χ0n) is 7.73. The third kappa shape index (κ3) is 2.94. The van der Waals surface area contributed by atoms with Gasteiger partial charge in [0, 0.05) is 6.61 Å². The molecule has 0 saturated heterocycles. The van der Waals surface area contributed by atoms with E-state index in [1.54, 1.807) is 30.3 Å². The van der Waals surface area contributed by atoms with Gasteiger partial charge >= 0.3 is 0 Å². The molecule has 2 nitrogen and oxygen atoms in total. The number of aliphatic hydroxyl groups is 2. The van der Waals surface area contributed by atoms with Gasteiger partial charge in [0.1, 0.15) is 11.9 Å². The fraction of sp³-hybridized carbons (Fsp3) is 0.273. The number of rotatable bonds is 4. The predicted molar refractivity (Wildman–Crippen MR) is 52.3 cm³/mol. The molecule has 0 amide bonds. The highest BCUT2D eigenvalue weighted by atomic mass is 19.1. The van der Waals surface area contributed by atoms with Gasteiger partial charge in [-0.3, -0.25) is 0 Å². The second-order valence-corrected chi connectivity index (χ2v) is 2.91. The van der Waals surface area contributed by atoms with Crippen molar-refractivity contribution in [1.29, 1.82) is 0 Å². The Morgan fingerprint density at radius 3 is 2.57 bits per heavy atom. The van der Waals surface area contributed by atoms with Crippen LogP contribution in [-0.2, 0) is 0 Å². The van der Waals surface area contributed by atoms with E-state index in [4.69, 9.17) is 5.11 Å². The molecule has 1 rings (SSSR count). The fourth-order valence-corrected chi connectivity index (χ4v) is 1.11. The number of benzene rings is 1. The lowest BCUT2D eigenvalue weighted by molar-refractivity contribution is 0.184. The van der Waals surface area contributed by atoms with Crippen molar-refractivity contribution < 1.29 is 14.6 Å².